The average molecular weight is 269 g/mol. The van der Waals surface area contributed by atoms with Crippen molar-refractivity contribution in [2.45, 2.75) is 0 Å². The van der Waals surface area contributed by atoms with E-state index in [1.165, 1.54) is 0 Å². The third kappa shape index (κ3) is 1.74. The highest BCUT2D eigenvalue weighted by Gasteiger charge is 2.36. The smallest absolute Gasteiger partial charge is 0.225 e. The van der Waals surface area contributed by atoms with Crippen LogP contribution in [0.4, 0.5) is 5.95 Å². The minimum atomic E-state index is 0.789. The van der Waals surface area contributed by atoms with Crippen molar-refractivity contribution >= 4 is 21.9 Å². The van der Waals surface area contributed by atoms with Gasteiger partial charge in [0.2, 0.25) is 5.95 Å². The zero-order valence-electron chi connectivity index (χ0n) is 8.36. The van der Waals surface area contributed by atoms with Gasteiger partial charge in [-0.3, -0.25) is 0 Å². The molecule has 5 heteroatoms. The third-order valence-electron chi connectivity index (χ3n) is 3.28. The SMILES string of the molecule is Brc1cnc(N2CC3CNCC3C2)nc1. The van der Waals surface area contributed by atoms with Crippen molar-refractivity contribution in [2.24, 2.45) is 11.8 Å². The molecule has 0 aromatic carbocycles. The number of hydrogen-bond acceptors (Lipinski definition) is 4. The van der Waals surface area contributed by atoms with Crippen LogP contribution in [-0.4, -0.2) is 36.1 Å². The van der Waals surface area contributed by atoms with E-state index in [1.54, 1.807) is 0 Å². The largest absolute Gasteiger partial charge is 0.340 e. The molecular formula is C10H13BrN4. The third-order valence-corrected chi connectivity index (χ3v) is 3.69. The molecule has 1 aromatic heterocycles. The molecule has 0 spiro atoms. The van der Waals surface area contributed by atoms with Crippen LogP contribution in [0.1, 0.15) is 0 Å². The van der Waals surface area contributed by atoms with Crippen molar-refractivity contribution in [2.75, 3.05) is 31.1 Å². The number of aromatic nitrogens is 2. The standard InChI is InChI=1S/C10H13BrN4/c11-9-3-13-10(14-4-9)15-5-7-1-12-2-8(7)6-15/h3-4,7-8,12H,1-2,5-6H2. The van der Waals surface area contributed by atoms with Gasteiger partial charge in [0.1, 0.15) is 0 Å². The fraction of sp³-hybridized carbons (Fsp3) is 0.600. The Balaban J connectivity index is 1.76. The van der Waals surface area contributed by atoms with Crippen LogP contribution in [0.3, 0.4) is 0 Å². The molecule has 0 saturated carbocycles. The Labute approximate surface area is 97.2 Å². The summed E-state index contributed by atoms with van der Waals surface area (Å²) in [5.74, 6) is 2.45. The quantitative estimate of drug-likeness (QED) is 0.822. The molecule has 2 aliphatic heterocycles. The molecule has 15 heavy (non-hydrogen) atoms. The van der Waals surface area contributed by atoms with Crippen LogP contribution in [0.5, 0.6) is 0 Å². The van der Waals surface area contributed by atoms with Crippen LogP contribution < -0.4 is 10.2 Å². The van der Waals surface area contributed by atoms with Gasteiger partial charge < -0.3 is 10.2 Å². The fourth-order valence-electron chi connectivity index (χ4n) is 2.49. The molecule has 2 saturated heterocycles. The van der Waals surface area contributed by atoms with E-state index < -0.39 is 0 Å². The second-order valence-corrected chi connectivity index (χ2v) is 5.20. The summed E-state index contributed by atoms with van der Waals surface area (Å²) < 4.78 is 0.937. The lowest BCUT2D eigenvalue weighted by molar-refractivity contribution is 0.533. The van der Waals surface area contributed by atoms with E-state index in [2.05, 4.69) is 36.1 Å². The summed E-state index contributed by atoms with van der Waals surface area (Å²) in [6.45, 7) is 4.49. The Morgan fingerprint density at radius 1 is 1.20 bits per heavy atom. The Kier molecular flexibility index (Phi) is 2.36. The van der Waals surface area contributed by atoms with E-state index in [0.29, 0.717) is 0 Å². The van der Waals surface area contributed by atoms with Gasteiger partial charge in [-0.2, -0.15) is 0 Å². The van der Waals surface area contributed by atoms with Crippen molar-refractivity contribution in [3.05, 3.63) is 16.9 Å². The van der Waals surface area contributed by atoms with Gasteiger partial charge in [-0.25, -0.2) is 9.97 Å². The Morgan fingerprint density at radius 2 is 1.80 bits per heavy atom. The maximum absolute atomic E-state index is 4.34. The molecule has 2 atom stereocenters. The van der Waals surface area contributed by atoms with Crippen LogP contribution in [-0.2, 0) is 0 Å². The second-order valence-electron chi connectivity index (χ2n) is 4.28. The maximum atomic E-state index is 4.34. The van der Waals surface area contributed by atoms with Crippen molar-refractivity contribution in [3.63, 3.8) is 0 Å². The number of hydrogen-bond donors (Lipinski definition) is 1. The van der Waals surface area contributed by atoms with E-state index >= 15 is 0 Å². The summed E-state index contributed by atoms with van der Waals surface area (Å²) in [7, 11) is 0. The molecule has 1 aromatic rings. The molecule has 1 N–H and O–H groups in total. The molecule has 0 radical (unpaired) electrons. The molecule has 0 bridgehead atoms. The first kappa shape index (κ1) is 9.54. The molecule has 2 aliphatic rings. The van der Waals surface area contributed by atoms with Crippen LogP contribution in [0.15, 0.2) is 16.9 Å². The predicted molar refractivity (Wildman–Crippen MR) is 61.8 cm³/mol. The van der Waals surface area contributed by atoms with E-state index in [-0.39, 0.29) is 0 Å². The second kappa shape index (κ2) is 3.72. The summed E-state index contributed by atoms with van der Waals surface area (Å²) in [6, 6.07) is 0. The van der Waals surface area contributed by atoms with Crippen molar-refractivity contribution < 1.29 is 0 Å². The number of halogens is 1. The Morgan fingerprint density at radius 3 is 2.40 bits per heavy atom. The van der Waals surface area contributed by atoms with E-state index in [4.69, 9.17) is 0 Å². The lowest BCUT2D eigenvalue weighted by Crippen LogP contribution is -2.26. The molecule has 2 fully saturated rings. The molecule has 0 amide bonds. The molecule has 80 valence electrons. The van der Waals surface area contributed by atoms with Gasteiger partial charge in [0.05, 0.1) is 4.47 Å². The van der Waals surface area contributed by atoms with E-state index in [1.807, 2.05) is 12.4 Å². The molecular weight excluding hydrogens is 256 g/mol. The molecule has 2 unspecified atom stereocenters. The number of nitrogens with one attached hydrogen (secondary N) is 1. The van der Waals surface area contributed by atoms with Crippen LogP contribution >= 0.6 is 15.9 Å². The summed E-state index contributed by atoms with van der Waals surface area (Å²) >= 11 is 3.35. The number of fused-ring (bicyclic) bond motifs is 1. The van der Waals surface area contributed by atoms with Crippen LogP contribution in [0.2, 0.25) is 0 Å². The van der Waals surface area contributed by atoms with Crippen LogP contribution in [0.25, 0.3) is 0 Å². The van der Waals surface area contributed by atoms with Gasteiger partial charge in [0, 0.05) is 38.6 Å². The van der Waals surface area contributed by atoms with Gasteiger partial charge >= 0.3 is 0 Å². The summed E-state index contributed by atoms with van der Waals surface area (Å²) in [4.78, 5) is 11.0. The molecule has 3 heterocycles. The maximum Gasteiger partial charge on any atom is 0.225 e. The van der Waals surface area contributed by atoms with Gasteiger partial charge in [0.15, 0.2) is 0 Å². The van der Waals surface area contributed by atoms with Gasteiger partial charge in [-0.1, -0.05) is 0 Å². The average Bonchev–Trinajstić information content (AvgIpc) is 2.78. The number of anilines is 1. The minimum absolute atomic E-state index is 0.789. The summed E-state index contributed by atoms with van der Waals surface area (Å²) in [5.41, 5.74) is 0. The number of nitrogens with zero attached hydrogens (tertiary/aromatic N) is 3. The predicted octanol–water partition coefficient (Wildman–Crippen LogP) is 0.895. The summed E-state index contributed by atoms with van der Waals surface area (Å²) in [5, 5.41) is 3.43. The van der Waals surface area contributed by atoms with Crippen LogP contribution in [0, 0.1) is 11.8 Å². The molecule has 3 rings (SSSR count). The first-order chi connectivity index (χ1) is 7.33. The van der Waals surface area contributed by atoms with Gasteiger partial charge in [0.25, 0.3) is 0 Å². The first-order valence-corrected chi connectivity index (χ1v) is 6.05. The lowest BCUT2D eigenvalue weighted by atomic mass is 10.0. The lowest BCUT2D eigenvalue weighted by Gasteiger charge is -2.16. The van der Waals surface area contributed by atoms with Crippen molar-refractivity contribution in [3.8, 4) is 0 Å². The minimum Gasteiger partial charge on any atom is -0.340 e. The van der Waals surface area contributed by atoms with Crippen molar-refractivity contribution in [1.82, 2.24) is 15.3 Å². The Bertz CT molecular complexity index is 341. The Hall–Kier alpha value is -0.680. The normalized spacial score (nSPS) is 29.5. The zero-order chi connectivity index (χ0) is 10.3. The number of rotatable bonds is 1. The van der Waals surface area contributed by atoms with Gasteiger partial charge in [-0.05, 0) is 27.8 Å². The molecule has 0 aliphatic carbocycles. The van der Waals surface area contributed by atoms with E-state index in [9.17, 15) is 0 Å². The monoisotopic (exact) mass is 268 g/mol. The van der Waals surface area contributed by atoms with Crippen molar-refractivity contribution in [1.29, 1.82) is 0 Å². The highest BCUT2D eigenvalue weighted by molar-refractivity contribution is 9.10. The van der Waals surface area contributed by atoms with E-state index in [0.717, 1.165) is 48.4 Å². The fourth-order valence-corrected chi connectivity index (χ4v) is 2.69. The highest BCUT2D eigenvalue weighted by Crippen LogP contribution is 2.28. The van der Waals surface area contributed by atoms with Gasteiger partial charge in [-0.15, -0.1) is 0 Å². The summed E-state index contributed by atoms with van der Waals surface area (Å²) in [6.07, 6.45) is 3.63. The highest BCUT2D eigenvalue weighted by atomic mass is 79.9. The molecule has 4 nitrogen and oxygen atoms in total. The zero-order valence-corrected chi connectivity index (χ0v) is 9.94. The topological polar surface area (TPSA) is 41.1 Å². The first-order valence-electron chi connectivity index (χ1n) is 5.26.